The highest BCUT2D eigenvalue weighted by Gasteiger charge is 2.17. The highest BCUT2D eigenvalue weighted by atomic mass is 35.5. The lowest BCUT2D eigenvalue weighted by atomic mass is 9.98. The fraction of sp³-hybridized carbons (Fsp3) is 0.929. The quantitative estimate of drug-likeness (QED) is 0.366. The van der Waals surface area contributed by atoms with Crippen LogP contribution >= 0.6 is 11.6 Å². The van der Waals surface area contributed by atoms with Crippen LogP contribution < -0.4 is 0 Å². The zero-order valence-electron chi connectivity index (χ0n) is 10.8. The number of carbonyl (C=O) groups excluding carboxylic acids is 1. The summed E-state index contributed by atoms with van der Waals surface area (Å²) in [5.41, 5.74) is 0. The average Bonchev–Trinajstić information content (AvgIpc) is 2.35. The van der Waals surface area contributed by atoms with Gasteiger partial charge in [-0.25, -0.2) is 0 Å². The van der Waals surface area contributed by atoms with Crippen molar-refractivity contribution in [2.45, 2.75) is 76.7 Å². The highest BCUT2D eigenvalue weighted by molar-refractivity contribution is 6.17. The van der Waals surface area contributed by atoms with Crippen LogP contribution in [0.1, 0.15) is 70.6 Å². The van der Waals surface area contributed by atoms with Crippen molar-refractivity contribution in [3.63, 3.8) is 0 Å². The summed E-state index contributed by atoms with van der Waals surface area (Å²) in [7, 11) is 0. The second-order valence-electron chi connectivity index (χ2n) is 4.96. The van der Waals surface area contributed by atoms with Crippen molar-refractivity contribution in [1.29, 1.82) is 0 Å². The molecule has 17 heavy (non-hydrogen) atoms. The van der Waals surface area contributed by atoms with Gasteiger partial charge in [-0.2, -0.15) is 0 Å². The van der Waals surface area contributed by atoms with E-state index in [1.165, 1.54) is 32.1 Å². The molecule has 1 aliphatic rings. The van der Waals surface area contributed by atoms with Crippen molar-refractivity contribution in [2.75, 3.05) is 5.88 Å². The number of unbranched alkanes of at least 4 members (excludes halogenated alkanes) is 4. The molecule has 0 spiro atoms. The Balaban J connectivity index is 1.93. The summed E-state index contributed by atoms with van der Waals surface area (Å²) in [4.78, 5) is 11.6. The fourth-order valence-electron chi connectivity index (χ4n) is 2.32. The Morgan fingerprint density at radius 2 is 1.65 bits per heavy atom. The molecule has 0 unspecified atom stereocenters. The molecule has 1 aliphatic carbocycles. The average molecular weight is 261 g/mol. The molecular weight excluding hydrogens is 236 g/mol. The molecule has 100 valence electrons. The zero-order chi connectivity index (χ0) is 12.3. The van der Waals surface area contributed by atoms with E-state index in [-0.39, 0.29) is 12.1 Å². The van der Waals surface area contributed by atoms with Crippen molar-refractivity contribution in [1.82, 2.24) is 0 Å². The third-order valence-electron chi connectivity index (χ3n) is 3.36. The Morgan fingerprint density at radius 1 is 1.00 bits per heavy atom. The number of ether oxygens (including phenoxy) is 1. The minimum Gasteiger partial charge on any atom is -0.462 e. The molecule has 0 saturated heterocycles. The Bertz CT molecular complexity index is 200. The number of rotatable bonds is 8. The van der Waals surface area contributed by atoms with E-state index in [0.717, 1.165) is 38.0 Å². The first-order valence-electron chi connectivity index (χ1n) is 7.08. The predicted molar refractivity (Wildman–Crippen MR) is 71.4 cm³/mol. The van der Waals surface area contributed by atoms with Gasteiger partial charge in [-0.15, -0.1) is 11.6 Å². The lowest BCUT2D eigenvalue weighted by Crippen LogP contribution is -2.20. The van der Waals surface area contributed by atoms with Crippen molar-refractivity contribution in [3.8, 4) is 0 Å². The summed E-state index contributed by atoms with van der Waals surface area (Å²) in [5, 5.41) is 0. The number of esters is 1. The van der Waals surface area contributed by atoms with Gasteiger partial charge >= 0.3 is 5.97 Å². The van der Waals surface area contributed by atoms with E-state index in [0.29, 0.717) is 6.42 Å². The van der Waals surface area contributed by atoms with Gasteiger partial charge in [0.1, 0.15) is 6.10 Å². The first-order valence-corrected chi connectivity index (χ1v) is 7.62. The summed E-state index contributed by atoms with van der Waals surface area (Å²) in [5.74, 6) is 0.762. The van der Waals surface area contributed by atoms with Gasteiger partial charge in [0.05, 0.1) is 0 Å². The summed E-state index contributed by atoms with van der Waals surface area (Å²) in [6.45, 7) is 0. The molecule has 0 aliphatic heterocycles. The summed E-state index contributed by atoms with van der Waals surface area (Å²) < 4.78 is 5.46. The molecule has 0 radical (unpaired) electrons. The molecule has 0 aromatic rings. The molecule has 0 N–H and O–H groups in total. The first kappa shape index (κ1) is 14.8. The highest BCUT2D eigenvalue weighted by Crippen LogP contribution is 2.21. The molecule has 1 rings (SSSR count). The molecule has 0 aromatic carbocycles. The largest absolute Gasteiger partial charge is 0.462 e. The molecule has 0 amide bonds. The standard InChI is InChI=1S/C14H25ClO2/c15-12-8-3-1-2-7-11-14(16)17-13-9-5-4-6-10-13/h13H,1-12H2. The lowest BCUT2D eigenvalue weighted by Gasteiger charge is -2.21. The molecule has 0 heterocycles. The number of halogens is 1. The molecule has 0 aromatic heterocycles. The molecule has 0 atom stereocenters. The van der Waals surface area contributed by atoms with Crippen molar-refractivity contribution >= 4 is 17.6 Å². The molecule has 0 bridgehead atoms. The fourth-order valence-corrected chi connectivity index (χ4v) is 2.51. The van der Waals surface area contributed by atoms with Gasteiger partial charge in [0, 0.05) is 12.3 Å². The third-order valence-corrected chi connectivity index (χ3v) is 3.63. The van der Waals surface area contributed by atoms with Crippen molar-refractivity contribution < 1.29 is 9.53 Å². The number of hydrogen-bond donors (Lipinski definition) is 0. The zero-order valence-corrected chi connectivity index (χ0v) is 11.5. The number of carbonyl (C=O) groups is 1. The van der Waals surface area contributed by atoms with E-state index in [1.54, 1.807) is 0 Å². The van der Waals surface area contributed by atoms with E-state index < -0.39 is 0 Å². The van der Waals surface area contributed by atoms with Crippen LogP contribution in [0.15, 0.2) is 0 Å². The van der Waals surface area contributed by atoms with Crippen LogP contribution in [0.4, 0.5) is 0 Å². The van der Waals surface area contributed by atoms with E-state index in [4.69, 9.17) is 16.3 Å². The maximum absolute atomic E-state index is 11.6. The Hall–Kier alpha value is -0.240. The summed E-state index contributed by atoms with van der Waals surface area (Å²) in [6, 6.07) is 0. The number of hydrogen-bond acceptors (Lipinski definition) is 2. The minimum atomic E-state index is 0.00856. The molecule has 2 nitrogen and oxygen atoms in total. The van der Waals surface area contributed by atoms with Gasteiger partial charge < -0.3 is 4.74 Å². The van der Waals surface area contributed by atoms with Gasteiger partial charge in [-0.3, -0.25) is 4.79 Å². The van der Waals surface area contributed by atoms with Gasteiger partial charge in [0.2, 0.25) is 0 Å². The second kappa shape index (κ2) is 9.76. The van der Waals surface area contributed by atoms with E-state index in [2.05, 4.69) is 0 Å². The maximum atomic E-state index is 11.6. The second-order valence-corrected chi connectivity index (χ2v) is 5.33. The van der Waals surface area contributed by atoms with Crippen LogP contribution in [-0.4, -0.2) is 18.0 Å². The first-order chi connectivity index (χ1) is 8.33. The van der Waals surface area contributed by atoms with Crippen LogP contribution in [-0.2, 0) is 9.53 Å². The van der Waals surface area contributed by atoms with Gasteiger partial charge in [-0.1, -0.05) is 25.7 Å². The molecule has 3 heteroatoms. The van der Waals surface area contributed by atoms with E-state index >= 15 is 0 Å². The Labute approximate surface area is 110 Å². The van der Waals surface area contributed by atoms with Gasteiger partial charge in [0.25, 0.3) is 0 Å². The minimum absolute atomic E-state index is 0.00856. The SMILES string of the molecule is O=C(CCCCCCCCl)OC1CCCCC1. The van der Waals surface area contributed by atoms with E-state index in [9.17, 15) is 4.79 Å². The smallest absolute Gasteiger partial charge is 0.306 e. The Morgan fingerprint density at radius 3 is 2.35 bits per heavy atom. The van der Waals surface area contributed by atoms with Gasteiger partial charge in [0.15, 0.2) is 0 Å². The van der Waals surface area contributed by atoms with Crippen LogP contribution in [0.3, 0.4) is 0 Å². The molecule has 1 fully saturated rings. The normalized spacial score (nSPS) is 17.0. The number of alkyl halides is 1. The predicted octanol–water partition coefficient (Wildman–Crippen LogP) is 4.44. The topological polar surface area (TPSA) is 26.3 Å². The van der Waals surface area contributed by atoms with Crippen LogP contribution in [0.2, 0.25) is 0 Å². The lowest BCUT2D eigenvalue weighted by molar-refractivity contribution is -0.150. The maximum Gasteiger partial charge on any atom is 0.306 e. The van der Waals surface area contributed by atoms with Gasteiger partial charge in [-0.05, 0) is 38.5 Å². The monoisotopic (exact) mass is 260 g/mol. The third kappa shape index (κ3) is 7.64. The summed E-state index contributed by atoms with van der Waals surface area (Å²) >= 11 is 5.60. The van der Waals surface area contributed by atoms with Crippen molar-refractivity contribution in [2.24, 2.45) is 0 Å². The van der Waals surface area contributed by atoms with Crippen molar-refractivity contribution in [3.05, 3.63) is 0 Å². The van der Waals surface area contributed by atoms with Crippen LogP contribution in [0.25, 0.3) is 0 Å². The summed E-state index contributed by atoms with van der Waals surface area (Å²) in [6.07, 6.45) is 12.2. The Kier molecular flexibility index (Phi) is 8.50. The van der Waals surface area contributed by atoms with Crippen LogP contribution in [0, 0.1) is 0 Å². The van der Waals surface area contributed by atoms with Crippen LogP contribution in [0.5, 0.6) is 0 Å². The van der Waals surface area contributed by atoms with E-state index in [1.807, 2.05) is 0 Å². The molecular formula is C14H25ClO2. The molecule has 1 saturated carbocycles.